The normalized spacial score (nSPS) is 12.7. The molecule has 0 aliphatic heterocycles. The number of aromatic nitrogens is 2. The molecule has 31 heavy (non-hydrogen) atoms. The van der Waals surface area contributed by atoms with E-state index >= 15 is 0 Å². The monoisotopic (exact) mass is 456 g/mol. The van der Waals surface area contributed by atoms with Crippen molar-refractivity contribution in [3.05, 3.63) is 63.9 Å². The van der Waals surface area contributed by atoms with E-state index in [9.17, 15) is 0 Å². The van der Waals surface area contributed by atoms with Crippen LogP contribution in [0.2, 0.25) is 10.0 Å². The van der Waals surface area contributed by atoms with Gasteiger partial charge in [0, 0.05) is 21.5 Å². The number of nitrogens with one attached hydrogen (secondary N) is 1. The molecule has 0 aliphatic carbocycles. The second-order valence-corrected chi connectivity index (χ2v) is 8.50. The van der Waals surface area contributed by atoms with Gasteiger partial charge in [0.25, 0.3) is 0 Å². The molecule has 0 fully saturated rings. The molecule has 0 amide bonds. The topological polar surface area (TPSA) is 41.0 Å². The molecule has 0 saturated heterocycles. The minimum atomic E-state index is 0.296. The maximum Gasteiger partial charge on any atom is 0.154 e. The molecule has 0 radical (unpaired) electrons. The van der Waals surface area contributed by atoms with Crippen LogP contribution in [-0.2, 0) is 0 Å². The standard InChI is InChI=1S/C25H30Cl2N4/c1-4-31(5-2)16-8-9-18(3)28-25-21-14-13-20(26)17-23(21)29-24(30-25)15-12-19-10-6-7-11-22(19)27/h6-7,10-15,17-18H,4-5,8-9,16H2,1-3H3,(H,28,29,30)/b15-12+/t18-/m1/s1. The number of nitrogens with zero attached hydrogens (tertiary/aromatic N) is 3. The Hall–Kier alpha value is -2.14. The van der Waals surface area contributed by atoms with Crippen LogP contribution in [0, 0.1) is 0 Å². The van der Waals surface area contributed by atoms with Crippen LogP contribution in [0.1, 0.15) is 45.0 Å². The molecule has 0 saturated carbocycles. The van der Waals surface area contributed by atoms with Gasteiger partial charge in [0.05, 0.1) is 5.52 Å². The number of hydrogen-bond acceptors (Lipinski definition) is 4. The second-order valence-electron chi connectivity index (χ2n) is 7.66. The lowest BCUT2D eigenvalue weighted by molar-refractivity contribution is 0.295. The van der Waals surface area contributed by atoms with E-state index in [2.05, 4.69) is 36.0 Å². The lowest BCUT2D eigenvalue weighted by Crippen LogP contribution is -2.25. The quantitative estimate of drug-likeness (QED) is 0.355. The van der Waals surface area contributed by atoms with E-state index in [0.29, 0.717) is 21.9 Å². The number of fused-ring (bicyclic) bond motifs is 1. The molecule has 4 nitrogen and oxygen atoms in total. The Bertz CT molecular complexity index is 1030. The predicted octanol–water partition coefficient (Wildman–Crippen LogP) is 7.03. The zero-order valence-electron chi connectivity index (χ0n) is 18.4. The molecule has 1 atom stereocenters. The van der Waals surface area contributed by atoms with Crippen molar-refractivity contribution < 1.29 is 0 Å². The van der Waals surface area contributed by atoms with Crippen molar-refractivity contribution in [3.8, 4) is 0 Å². The predicted molar refractivity (Wildman–Crippen MR) is 135 cm³/mol. The summed E-state index contributed by atoms with van der Waals surface area (Å²) in [6.45, 7) is 9.92. The summed E-state index contributed by atoms with van der Waals surface area (Å²) >= 11 is 12.5. The van der Waals surface area contributed by atoms with Gasteiger partial charge in [-0.1, -0.05) is 55.2 Å². The van der Waals surface area contributed by atoms with Gasteiger partial charge in [-0.25, -0.2) is 9.97 Å². The van der Waals surface area contributed by atoms with Gasteiger partial charge < -0.3 is 10.2 Å². The summed E-state index contributed by atoms with van der Waals surface area (Å²) < 4.78 is 0. The molecule has 1 N–H and O–H groups in total. The average molecular weight is 457 g/mol. The van der Waals surface area contributed by atoms with Gasteiger partial charge in [-0.15, -0.1) is 0 Å². The zero-order valence-corrected chi connectivity index (χ0v) is 19.9. The van der Waals surface area contributed by atoms with Gasteiger partial charge in [0.2, 0.25) is 0 Å². The Balaban J connectivity index is 1.81. The van der Waals surface area contributed by atoms with Crippen LogP contribution in [0.4, 0.5) is 5.82 Å². The molecule has 0 unspecified atom stereocenters. The summed E-state index contributed by atoms with van der Waals surface area (Å²) in [5, 5.41) is 5.91. The second kappa shape index (κ2) is 11.5. The molecular weight excluding hydrogens is 427 g/mol. The van der Waals surface area contributed by atoms with Crippen LogP contribution in [0.5, 0.6) is 0 Å². The molecular formula is C25H30Cl2N4. The van der Waals surface area contributed by atoms with Gasteiger partial charge >= 0.3 is 0 Å². The number of hydrogen-bond donors (Lipinski definition) is 1. The maximum atomic E-state index is 6.27. The molecule has 0 bridgehead atoms. The molecule has 6 heteroatoms. The van der Waals surface area contributed by atoms with Crippen LogP contribution < -0.4 is 5.32 Å². The van der Waals surface area contributed by atoms with E-state index in [4.69, 9.17) is 28.2 Å². The van der Waals surface area contributed by atoms with Crippen molar-refractivity contribution in [2.24, 2.45) is 0 Å². The first kappa shape index (κ1) is 23.5. The number of rotatable bonds is 10. The molecule has 1 heterocycles. The Kier molecular flexibility index (Phi) is 8.70. The lowest BCUT2D eigenvalue weighted by Gasteiger charge is -2.20. The highest BCUT2D eigenvalue weighted by atomic mass is 35.5. The fourth-order valence-corrected chi connectivity index (χ4v) is 3.91. The third kappa shape index (κ3) is 6.67. The molecule has 164 valence electrons. The third-order valence-electron chi connectivity index (χ3n) is 5.38. The molecule has 0 aliphatic rings. The first-order chi connectivity index (χ1) is 15.0. The summed E-state index contributed by atoms with van der Waals surface area (Å²) in [5.41, 5.74) is 1.75. The molecule has 3 rings (SSSR count). The van der Waals surface area contributed by atoms with Gasteiger partial charge in [0.1, 0.15) is 5.82 Å². The van der Waals surface area contributed by atoms with Crippen LogP contribution in [0.15, 0.2) is 42.5 Å². The van der Waals surface area contributed by atoms with Crippen molar-refractivity contribution in [2.45, 2.75) is 39.7 Å². The SMILES string of the molecule is CCN(CC)CCC[C@@H](C)Nc1nc(/C=C/c2ccccc2Cl)nc2cc(Cl)ccc12. The Morgan fingerprint density at radius 2 is 1.81 bits per heavy atom. The van der Waals surface area contributed by atoms with E-state index in [-0.39, 0.29) is 0 Å². The fraction of sp³-hybridized carbons (Fsp3) is 0.360. The van der Waals surface area contributed by atoms with E-state index in [0.717, 1.165) is 54.8 Å². The Labute approximate surface area is 195 Å². The van der Waals surface area contributed by atoms with Crippen molar-refractivity contribution >= 4 is 52.1 Å². The molecule has 2 aromatic carbocycles. The zero-order chi connectivity index (χ0) is 22.2. The summed E-state index contributed by atoms with van der Waals surface area (Å²) in [4.78, 5) is 11.9. The third-order valence-corrected chi connectivity index (χ3v) is 5.96. The van der Waals surface area contributed by atoms with E-state index in [1.54, 1.807) is 0 Å². The number of anilines is 1. The highest BCUT2D eigenvalue weighted by Crippen LogP contribution is 2.26. The summed E-state index contributed by atoms with van der Waals surface area (Å²) in [6, 6.07) is 13.7. The first-order valence-corrected chi connectivity index (χ1v) is 11.6. The van der Waals surface area contributed by atoms with E-state index in [1.807, 2.05) is 54.6 Å². The summed E-state index contributed by atoms with van der Waals surface area (Å²) in [6.07, 6.45) is 6.04. The van der Waals surface area contributed by atoms with Gasteiger partial charge in [-0.05, 0) is 81.4 Å². The number of halogens is 2. The fourth-order valence-electron chi connectivity index (χ4n) is 3.55. The van der Waals surface area contributed by atoms with Crippen LogP contribution in [-0.4, -0.2) is 40.5 Å². The highest BCUT2D eigenvalue weighted by Gasteiger charge is 2.11. The van der Waals surface area contributed by atoms with Crippen LogP contribution in [0.25, 0.3) is 23.1 Å². The Morgan fingerprint density at radius 3 is 2.55 bits per heavy atom. The van der Waals surface area contributed by atoms with Crippen molar-refractivity contribution in [3.63, 3.8) is 0 Å². The smallest absolute Gasteiger partial charge is 0.154 e. The van der Waals surface area contributed by atoms with Crippen molar-refractivity contribution in [2.75, 3.05) is 25.0 Å². The molecule has 3 aromatic rings. The van der Waals surface area contributed by atoms with E-state index < -0.39 is 0 Å². The van der Waals surface area contributed by atoms with Gasteiger partial charge in [-0.3, -0.25) is 0 Å². The lowest BCUT2D eigenvalue weighted by atomic mass is 10.1. The summed E-state index contributed by atoms with van der Waals surface area (Å²) in [7, 11) is 0. The largest absolute Gasteiger partial charge is 0.367 e. The van der Waals surface area contributed by atoms with Gasteiger partial charge in [0.15, 0.2) is 5.82 Å². The maximum absolute atomic E-state index is 6.27. The van der Waals surface area contributed by atoms with Crippen LogP contribution in [0.3, 0.4) is 0 Å². The highest BCUT2D eigenvalue weighted by molar-refractivity contribution is 6.32. The van der Waals surface area contributed by atoms with Crippen molar-refractivity contribution in [1.82, 2.24) is 14.9 Å². The first-order valence-electron chi connectivity index (χ1n) is 10.9. The van der Waals surface area contributed by atoms with Crippen molar-refractivity contribution in [1.29, 1.82) is 0 Å². The minimum absolute atomic E-state index is 0.296. The number of benzene rings is 2. The van der Waals surface area contributed by atoms with Crippen LogP contribution >= 0.6 is 23.2 Å². The molecule has 1 aromatic heterocycles. The minimum Gasteiger partial charge on any atom is -0.367 e. The Morgan fingerprint density at radius 1 is 1.03 bits per heavy atom. The average Bonchev–Trinajstić information content (AvgIpc) is 2.76. The van der Waals surface area contributed by atoms with Gasteiger partial charge in [-0.2, -0.15) is 0 Å². The molecule has 0 spiro atoms. The summed E-state index contributed by atoms with van der Waals surface area (Å²) in [5.74, 6) is 1.45. The van der Waals surface area contributed by atoms with E-state index in [1.165, 1.54) is 0 Å².